The van der Waals surface area contributed by atoms with Crippen LogP contribution in [0.4, 0.5) is 5.69 Å². The first-order chi connectivity index (χ1) is 15.9. The molecule has 3 aromatic rings. The molecule has 3 amide bonds. The first-order valence-corrected chi connectivity index (χ1v) is 11.5. The van der Waals surface area contributed by atoms with Crippen LogP contribution in [0.2, 0.25) is 0 Å². The van der Waals surface area contributed by atoms with Crippen molar-refractivity contribution >= 4 is 39.3 Å². The van der Waals surface area contributed by atoms with Crippen molar-refractivity contribution in [1.29, 1.82) is 0 Å². The summed E-state index contributed by atoms with van der Waals surface area (Å²) in [7, 11) is 0. The van der Waals surface area contributed by atoms with E-state index in [1.165, 1.54) is 12.1 Å². The van der Waals surface area contributed by atoms with E-state index in [9.17, 15) is 19.5 Å². The van der Waals surface area contributed by atoms with Crippen LogP contribution in [0.1, 0.15) is 28.2 Å². The maximum atomic E-state index is 13.7. The smallest absolute Gasteiger partial charge is 0.244 e. The van der Waals surface area contributed by atoms with E-state index in [0.29, 0.717) is 5.69 Å². The molecule has 0 unspecified atom stereocenters. The third-order valence-corrected chi connectivity index (χ3v) is 8.38. The van der Waals surface area contributed by atoms with E-state index in [0.717, 1.165) is 27.2 Å². The van der Waals surface area contributed by atoms with Gasteiger partial charge in [-0.3, -0.25) is 19.3 Å². The molecule has 33 heavy (non-hydrogen) atoms. The van der Waals surface area contributed by atoms with E-state index in [-0.39, 0.29) is 30.0 Å². The molecule has 4 aliphatic rings. The van der Waals surface area contributed by atoms with Crippen molar-refractivity contribution in [2.75, 3.05) is 11.9 Å². The van der Waals surface area contributed by atoms with Gasteiger partial charge < -0.3 is 10.4 Å². The topological polar surface area (TPSA) is 86.7 Å². The largest absolute Gasteiger partial charge is 0.508 e. The molecule has 7 rings (SSSR count). The number of halogens is 1. The highest BCUT2D eigenvalue weighted by atomic mass is 79.9. The van der Waals surface area contributed by atoms with Crippen molar-refractivity contribution in [2.24, 2.45) is 11.8 Å². The molecule has 1 aliphatic heterocycles. The van der Waals surface area contributed by atoms with Crippen LogP contribution >= 0.6 is 15.9 Å². The van der Waals surface area contributed by atoms with Gasteiger partial charge in [0, 0.05) is 17.7 Å². The monoisotopic (exact) mass is 502 g/mol. The molecular formula is C26H19BrN2O4. The third kappa shape index (κ3) is 2.69. The minimum Gasteiger partial charge on any atom is -0.508 e. The number of carbonyl (C=O) groups excluding carboxylic acids is 3. The van der Waals surface area contributed by atoms with Crippen molar-refractivity contribution < 1.29 is 19.5 Å². The van der Waals surface area contributed by atoms with E-state index < -0.39 is 22.1 Å². The van der Waals surface area contributed by atoms with Crippen LogP contribution in [-0.2, 0) is 18.7 Å². The lowest BCUT2D eigenvalue weighted by Crippen LogP contribution is -2.50. The lowest BCUT2D eigenvalue weighted by atomic mass is 9.55. The number of likely N-dealkylation sites (tertiary alicyclic amines) is 1. The van der Waals surface area contributed by atoms with E-state index >= 15 is 0 Å². The lowest BCUT2D eigenvalue weighted by Gasteiger charge is -2.51. The summed E-state index contributed by atoms with van der Waals surface area (Å²) in [6, 6.07) is 22.0. The molecule has 164 valence electrons. The molecule has 0 radical (unpaired) electrons. The van der Waals surface area contributed by atoms with Crippen LogP contribution in [0.5, 0.6) is 5.75 Å². The molecule has 1 saturated heterocycles. The third-order valence-electron chi connectivity index (χ3n) is 7.04. The summed E-state index contributed by atoms with van der Waals surface area (Å²) >= 11 is 3.93. The number of hydrogen-bond donors (Lipinski definition) is 2. The highest BCUT2D eigenvalue weighted by Gasteiger charge is 2.67. The summed E-state index contributed by atoms with van der Waals surface area (Å²) in [5.41, 5.74) is 4.49. The van der Waals surface area contributed by atoms with Gasteiger partial charge in [0.05, 0.1) is 16.2 Å². The average molecular weight is 503 g/mol. The molecule has 1 fully saturated rings. The summed E-state index contributed by atoms with van der Waals surface area (Å²) in [5, 5.41) is 12.3. The Hall–Kier alpha value is -3.45. The van der Waals surface area contributed by atoms with Gasteiger partial charge in [0.2, 0.25) is 17.7 Å². The van der Waals surface area contributed by atoms with Gasteiger partial charge in [0.1, 0.15) is 12.3 Å². The number of nitrogens with zero attached hydrogens (tertiary/aromatic N) is 1. The van der Waals surface area contributed by atoms with Crippen molar-refractivity contribution in [2.45, 2.75) is 10.2 Å². The standard InChI is InChI=1S/C26H19BrN2O4/c27-26-18-10-3-1-8-16(18)21(17-9-2-4-11-19(17)26)22-23(26)25(33)29(24(22)32)13-20(31)28-14-6-5-7-15(30)12-14/h1-12,21-23,30H,13H2,(H,28,31)/t21?,22-,23-,26?/m0/s1. The predicted octanol–water partition coefficient (Wildman–Crippen LogP) is 3.73. The van der Waals surface area contributed by atoms with Gasteiger partial charge in [-0.15, -0.1) is 0 Å². The lowest BCUT2D eigenvalue weighted by molar-refractivity contribution is -0.142. The van der Waals surface area contributed by atoms with Crippen LogP contribution in [0, 0.1) is 11.8 Å². The molecule has 3 aromatic carbocycles. The van der Waals surface area contributed by atoms with E-state index in [2.05, 4.69) is 21.2 Å². The molecule has 0 aromatic heterocycles. The molecule has 6 nitrogen and oxygen atoms in total. The Morgan fingerprint density at radius 3 is 2.21 bits per heavy atom. The number of hydrogen-bond acceptors (Lipinski definition) is 4. The average Bonchev–Trinajstić information content (AvgIpc) is 3.06. The normalized spacial score (nSPS) is 26.6. The molecule has 2 bridgehead atoms. The number of benzene rings is 3. The summed E-state index contributed by atoms with van der Waals surface area (Å²) in [4.78, 5) is 41.1. The predicted molar refractivity (Wildman–Crippen MR) is 125 cm³/mol. The number of amides is 3. The summed E-state index contributed by atoms with van der Waals surface area (Å²) in [6.07, 6.45) is 0. The second-order valence-corrected chi connectivity index (χ2v) is 9.98. The van der Waals surface area contributed by atoms with Crippen molar-refractivity contribution in [3.05, 3.63) is 95.1 Å². The number of carbonyl (C=O) groups is 3. The van der Waals surface area contributed by atoms with Crippen LogP contribution < -0.4 is 5.32 Å². The molecule has 7 heteroatoms. The number of rotatable bonds is 3. The number of phenolic OH excluding ortho intramolecular Hbond substituents is 1. The molecular weight excluding hydrogens is 484 g/mol. The van der Waals surface area contributed by atoms with Gasteiger partial charge in [-0.1, -0.05) is 70.5 Å². The van der Waals surface area contributed by atoms with Crippen molar-refractivity contribution in [3.63, 3.8) is 0 Å². The molecule has 2 atom stereocenters. The summed E-state index contributed by atoms with van der Waals surface area (Å²) in [5.74, 6) is -2.59. The van der Waals surface area contributed by atoms with Crippen molar-refractivity contribution in [1.82, 2.24) is 4.90 Å². The second kappa shape index (κ2) is 7.02. The highest BCUT2D eigenvalue weighted by molar-refractivity contribution is 9.09. The Morgan fingerprint density at radius 2 is 1.58 bits per heavy atom. The Balaban J connectivity index is 1.39. The number of aromatic hydroxyl groups is 1. The Bertz CT molecular complexity index is 1310. The number of alkyl halides is 1. The fourth-order valence-electron chi connectivity index (χ4n) is 5.82. The molecule has 3 aliphatic carbocycles. The Labute approximate surface area is 198 Å². The van der Waals surface area contributed by atoms with Gasteiger partial charge in [-0.05, 0) is 34.4 Å². The SMILES string of the molecule is O=C(CN1C(=O)[C@@H]2[C@@H](C1=O)C1c3ccccc3C2(Br)c2ccccc21)Nc1cccc(O)c1. The number of phenols is 1. The number of nitrogens with one attached hydrogen (secondary N) is 1. The van der Waals surface area contributed by atoms with Crippen LogP contribution in [0.15, 0.2) is 72.8 Å². The fourth-order valence-corrected chi connectivity index (χ4v) is 7.03. The first kappa shape index (κ1) is 20.2. The maximum Gasteiger partial charge on any atom is 0.244 e. The molecule has 1 heterocycles. The molecule has 0 spiro atoms. The van der Waals surface area contributed by atoms with Crippen LogP contribution in [-0.4, -0.2) is 34.3 Å². The van der Waals surface area contributed by atoms with Gasteiger partial charge in [-0.25, -0.2) is 0 Å². The maximum absolute atomic E-state index is 13.7. The Kier molecular flexibility index (Phi) is 4.29. The molecule has 0 saturated carbocycles. The number of anilines is 1. The minimum atomic E-state index is -0.831. The van der Waals surface area contributed by atoms with Gasteiger partial charge >= 0.3 is 0 Å². The van der Waals surface area contributed by atoms with E-state index in [1.807, 2.05) is 48.5 Å². The first-order valence-electron chi connectivity index (χ1n) is 10.7. The van der Waals surface area contributed by atoms with Crippen LogP contribution in [0.3, 0.4) is 0 Å². The summed E-state index contributed by atoms with van der Waals surface area (Å²) < 4.78 is -0.831. The fraction of sp³-hybridized carbons (Fsp3) is 0.192. The zero-order valence-electron chi connectivity index (χ0n) is 17.4. The molecule has 2 N–H and O–H groups in total. The van der Waals surface area contributed by atoms with Crippen LogP contribution in [0.25, 0.3) is 0 Å². The zero-order chi connectivity index (χ0) is 22.9. The second-order valence-electron chi connectivity index (χ2n) is 8.73. The quantitative estimate of drug-likeness (QED) is 0.422. The van der Waals surface area contributed by atoms with E-state index in [4.69, 9.17) is 0 Å². The van der Waals surface area contributed by atoms with E-state index in [1.54, 1.807) is 12.1 Å². The highest BCUT2D eigenvalue weighted by Crippen LogP contribution is 2.66. The minimum absolute atomic E-state index is 0.0143. The van der Waals surface area contributed by atoms with Gasteiger partial charge in [0.15, 0.2) is 0 Å². The van der Waals surface area contributed by atoms with Gasteiger partial charge in [-0.2, -0.15) is 0 Å². The van der Waals surface area contributed by atoms with Crippen molar-refractivity contribution in [3.8, 4) is 5.75 Å². The summed E-state index contributed by atoms with van der Waals surface area (Å²) in [6.45, 7) is -0.372. The zero-order valence-corrected chi connectivity index (χ0v) is 19.0. The Morgan fingerprint density at radius 1 is 0.939 bits per heavy atom. The number of imide groups is 1. The van der Waals surface area contributed by atoms with Gasteiger partial charge in [0.25, 0.3) is 0 Å².